The van der Waals surface area contributed by atoms with Crippen molar-refractivity contribution in [3.8, 4) is 6.07 Å². The molecule has 1 N–H and O–H groups in total. The van der Waals surface area contributed by atoms with E-state index in [1.165, 1.54) is 6.42 Å². The summed E-state index contributed by atoms with van der Waals surface area (Å²) in [5.41, 5.74) is 2.65. The van der Waals surface area contributed by atoms with Gasteiger partial charge < -0.3 is 10.2 Å². The summed E-state index contributed by atoms with van der Waals surface area (Å²) < 4.78 is 0. The monoisotopic (exact) mass is 273 g/mol. The summed E-state index contributed by atoms with van der Waals surface area (Å²) in [6.07, 6.45) is 3.93. The summed E-state index contributed by atoms with van der Waals surface area (Å²) in [6.45, 7) is 6.25. The third-order valence-electron chi connectivity index (χ3n) is 3.92. The van der Waals surface area contributed by atoms with Crippen LogP contribution in [0.2, 0.25) is 0 Å². The van der Waals surface area contributed by atoms with Gasteiger partial charge in [0, 0.05) is 12.6 Å². The number of anilines is 1. The van der Waals surface area contributed by atoms with Crippen LogP contribution >= 0.6 is 0 Å². The molecule has 5 nitrogen and oxygen atoms in total. The molecule has 1 aliphatic heterocycles. The molecule has 0 aromatic carbocycles. The van der Waals surface area contributed by atoms with Gasteiger partial charge in [0.15, 0.2) is 5.82 Å². The molecule has 0 radical (unpaired) electrons. The van der Waals surface area contributed by atoms with Gasteiger partial charge >= 0.3 is 0 Å². The van der Waals surface area contributed by atoms with E-state index in [2.05, 4.69) is 40.5 Å². The lowest BCUT2D eigenvalue weighted by Gasteiger charge is -2.30. The van der Waals surface area contributed by atoms with E-state index in [0.29, 0.717) is 17.4 Å². The van der Waals surface area contributed by atoms with Gasteiger partial charge in [-0.05, 0) is 44.8 Å². The minimum atomic E-state index is 0.354. The summed E-state index contributed by atoms with van der Waals surface area (Å²) >= 11 is 0. The van der Waals surface area contributed by atoms with Gasteiger partial charge in [-0.1, -0.05) is 13.8 Å². The first-order valence-corrected chi connectivity index (χ1v) is 7.43. The fraction of sp³-hybridized carbons (Fsp3) is 0.667. The van der Waals surface area contributed by atoms with Crippen molar-refractivity contribution >= 4 is 5.82 Å². The highest BCUT2D eigenvalue weighted by atomic mass is 15.2. The molecule has 0 bridgehead atoms. The van der Waals surface area contributed by atoms with Gasteiger partial charge in [0.2, 0.25) is 0 Å². The predicted octanol–water partition coefficient (Wildman–Crippen LogP) is 1.98. The average Bonchev–Trinajstić information content (AvgIpc) is 2.46. The first-order chi connectivity index (χ1) is 9.69. The largest absolute Gasteiger partial charge is 0.363 e. The SMILES string of the molecule is CCc1nnc(NC2CCCN(C)C2)c(C#N)c1CC. The molecule has 0 spiro atoms. The number of nitriles is 1. The molecular formula is C15H23N5. The van der Waals surface area contributed by atoms with Crippen LogP contribution in [0, 0.1) is 11.3 Å². The van der Waals surface area contributed by atoms with Crippen LogP contribution in [0.15, 0.2) is 0 Å². The molecule has 1 aromatic heterocycles. The van der Waals surface area contributed by atoms with Gasteiger partial charge in [-0.2, -0.15) is 10.4 Å². The zero-order valence-corrected chi connectivity index (χ0v) is 12.6. The van der Waals surface area contributed by atoms with Crippen LogP contribution in [0.3, 0.4) is 0 Å². The highest BCUT2D eigenvalue weighted by molar-refractivity contribution is 5.57. The fourth-order valence-corrected chi connectivity index (χ4v) is 2.87. The van der Waals surface area contributed by atoms with Gasteiger partial charge in [0.25, 0.3) is 0 Å². The number of nitrogens with one attached hydrogen (secondary N) is 1. The van der Waals surface area contributed by atoms with E-state index in [9.17, 15) is 5.26 Å². The zero-order valence-electron chi connectivity index (χ0n) is 12.6. The number of piperidine rings is 1. The molecule has 1 atom stereocenters. The maximum absolute atomic E-state index is 9.46. The quantitative estimate of drug-likeness (QED) is 0.908. The second-order valence-electron chi connectivity index (χ2n) is 5.41. The Morgan fingerprint density at radius 1 is 1.35 bits per heavy atom. The van der Waals surface area contributed by atoms with Crippen LogP contribution in [0.5, 0.6) is 0 Å². The molecule has 2 rings (SSSR count). The molecule has 1 fully saturated rings. The second kappa shape index (κ2) is 6.67. The Labute approximate surface area is 121 Å². The lowest BCUT2D eigenvalue weighted by atomic mass is 10.0. The third kappa shape index (κ3) is 3.07. The van der Waals surface area contributed by atoms with E-state index >= 15 is 0 Å². The summed E-state index contributed by atoms with van der Waals surface area (Å²) in [7, 11) is 2.13. The van der Waals surface area contributed by atoms with E-state index < -0.39 is 0 Å². The normalized spacial score (nSPS) is 19.6. The topological polar surface area (TPSA) is 64.8 Å². The number of likely N-dealkylation sites (N-methyl/N-ethyl adjacent to an activating group) is 1. The van der Waals surface area contributed by atoms with Gasteiger partial charge in [-0.15, -0.1) is 5.10 Å². The molecule has 0 amide bonds. The van der Waals surface area contributed by atoms with Crippen molar-refractivity contribution in [3.05, 3.63) is 16.8 Å². The summed E-state index contributed by atoms with van der Waals surface area (Å²) in [5, 5.41) is 21.4. The minimum absolute atomic E-state index is 0.354. The average molecular weight is 273 g/mol. The molecule has 1 aliphatic rings. The molecule has 2 heterocycles. The summed E-state index contributed by atoms with van der Waals surface area (Å²) in [4.78, 5) is 2.31. The molecule has 0 aliphatic carbocycles. The van der Waals surface area contributed by atoms with Gasteiger partial charge in [-0.3, -0.25) is 0 Å². The van der Waals surface area contributed by atoms with E-state index in [0.717, 1.165) is 43.6 Å². The highest BCUT2D eigenvalue weighted by Gasteiger charge is 2.20. The van der Waals surface area contributed by atoms with Crippen LogP contribution in [-0.4, -0.2) is 41.3 Å². The Morgan fingerprint density at radius 2 is 2.15 bits per heavy atom. The van der Waals surface area contributed by atoms with Gasteiger partial charge in [-0.25, -0.2) is 0 Å². The number of likely N-dealkylation sites (tertiary alicyclic amines) is 1. The van der Waals surface area contributed by atoms with Gasteiger partial charge in [0.05, 0.1) is 5.69 Å². The first-order valence-electron chi connectivity index (χ1n) is 7.43. The molecule has 0 saturated carbocycles. The highest BCUT2D eigenvalue weighted by Crippen LogP contribution is 2.22. The van der Waals surface area contributed by atoms with E-state index in [4.69, 9.17) is 0 Å². The van der Waals surface area contributed by atoms with Crippen molar-refractivity contribution in [2.24, 2.45) is 0 Å². The summed E-state index contributed by atoms with van der Waals surface area (Å²) in [5.74, 6) is 0.654. The number of rotatable bonds is 4. The number of nitrogens with zero attached hydrogens (tertiary/aromatic N) is 4. The standard InChI is InChI=1S/C15H23N5/c1-4-12-13(9-16)15(19-18-14(12)5-2)17-11-7-6-8-20(3)10-11/h11H,4-8,10H2,1-3H3,(H,17,19). The predicted molar refractivity (Wildman–Crippen MR) is 79.6 cm³/mol. The van der Waals surface area contributed by atoms with Crippen molar-refractivity contribution in [3.63, 3.8) is 0 Å². The van der Waals surface area contributed by atoms with Crippen molar-refractivity contribution in [2.75, 3.05) is 25.5 Å². The fourth-order valence-electron chi connectivity index (χ4n) is 2.87. The van der Waals surface area contributed by atoms with E-state index in [1.54, 1.807) is 0 Å². The first kappa shape index (κ1) is 14.7. The maximum atomic E-state index is 9.46. The van der Waals surface area contributed by atoms with Crippen molar-refractivity contribution in [1.82, 2.24) is 15.1 Å². The zero-order chi connectivity index (χ0) is 14.5. The molecule has 5 heteroatoms. The summed E-state index contributed by atoms with van der Waals surface area (Å²) in [6, 6.07) is 2.67. The lowest BCUT2D eigenvalue weighted by Crippen LogP contribution is -2.40. The Balaban J connectivity index is 2.25. The van der Waals surface area contributed by atoms with E-state index in [-0.39, 0.29) is 0 Å². The molecule has 20 heavy (non-hydrogen) atoms. The second-order valence-corrected chi connectivity index (χ2v) is 5.41. The Bertz CT molecular complexity index is 506. The molecule has 1 aromatic rings. The molecule has 1 unspecified atom stereocenters. The number of aromatic nitrogens is 2. The van der Waals surface area contributed by atoms with E-state index in [1.807, 2.05) is 6.92 Å². The maximum Gasteiger partial charge on any atom is 0.167 e. The molecular weight excluding hydrogens is 250 g/mol. The Hall–Kier alpha value is -1.67. The van der Waals surface area contributed by atoms with Gasteiger partial charge in [0.1, 0.15) is 11.6 Å². The van der Waals surface area contributed by atoms with Crippen molar-refractivity contribution in [2.45, 2.75) is 45.6 Å². The van der Waals surface area contributed by atoms with Crippen molar-refractivity contribution < 1.29 is 0 Å². The van der Waals surface area contributed by atoms with Crippen molar-refractivity contribution in [1.29, 1.82) is 5.26 Å². The van der Waals surface area contributed by atoms with Crippen LogP contribution in [0.1, 0.15) is 43.5 Å². The van der Waals surface area contributed by atoms with Crippen LogP contribution in [-0.2, 0) is 12.8 Å². The smallest absolute Gasteiger partial charge is 0.167 e. The van der Waals surface area contributed by atoms with Crippen LogP contribution in [0.4, 0.5) is 5.82 Å². The number of aryl methyl sites for hydroxylation is 1. The lowest BCUT2D eigenvalue weighted by molar-refractivity contribution is 0.260. The Morgan fingerprint density at radius 3 is 2.75 bits per heavy atom. The van der Waals surface area contributed by atoms with Crippen LogP contribution < -0.4 is 5.32 Å². The number of hydrogen-bond acceptors (Lipinski definition) is 5. The minimum Gasteiger partial charge on any atom is -0.363 e. The molecule has 108 valence electrons. The van der Waals surface area contributed by atoms with Crippen LogP contribution in [0.25, 0.3) is 0 Å². The third-order valence-corrected chi connectivity index (χ3v) is 3.92. The molecule has 1 saturated heterocycles. The Kier molecular flexibility index (Phi) is 4.91. The number of hydrogen-bond donors (Lipinski definition) is 1.